The normalized spacial score (nSPS) is 17.8. The van der Waals surface area contributed by atoms with Crippen molar-refractivity contribution in [2.24, 2.45) is 0 Å². The van der Waals surface area contributed by atoms with Gasteiger partial charge in [-0.3, -0.25) is 18.7 Å². The molecule has 8 nitrogen and oxygen atoms in total. The molecule has 1 aliphatic heterocycles. The lowest BCUT2D eigenvalue weighted by molar-refractivity contribution is 0.00694. The summed E-state index contributed by atoms with van der Waals surface area (Å²) in [5.41, 5.74) is -0.169. The molecule has 3 rings (SSSR count). The molecule has 2 heterocycles. The molecular weight excluding hydrogens is 435 g/mol. The quantitative estimate of drug-likeness (QED) is 0.606. The van der Waals surface area contributed by atoms with E-state index in [2.05, 4.69) is 5.32 Å². The molecule has 1 amide bonds. The van der Waals surface area contributed by atoms with Crippen molar-refractivity contribution in [2.75, 3.05) is 18.1 Å². The van der Waals surface area contributed by atoms with Crippen molar-refractivity contribution < 1.29 is 13.9 Å². The van der Waals surface area contributed by atoms with Crippen molar-refractivity contribution >= 4 is 17.7 Å². The highest BCUT2D eigenvalue weighted by Crippen LogP contribution is 2.26. The fourth-order valence-corrected chi connectivity index (χ4v) is 4.26. The third-order valence-corrected chi connectivity index (χ3v) is 6.19. The van der Waals surface area contributed by atoms with Crippen LogP contribution in [0.1, 0.15) is 47.5 Å². The van der Waals surface area contributed by atoms with E-state index in [-0.39, 0.29) is 41.3 Å². The van der Waals surface area contributed by atoms with Crippen LogP contribution < -0.4 is 16.6 Å². The number of nitriles is 1. The minimum Gasteiger partial charge on any atom is -0.355 e. The van der Waals surface area contributed by atoms with Gasteiger partial charge in [-0.25, -0.2) is 9.18 Å². The molecule has 2 aromatic rings. The fraction of sp³-hybridized carbons (Fsp3) is 0.455. The first-order chi connectivity index (χ1) is 15.3. The van der Waals surface area contributed by atoms with Crippen molar-refractivity contribution in [1.82, 2.24) is 14.5 Å². The number of nitrogens with zero attached hydrogens (tertiary/aromatic N) is 3. The second-order valence-corrected chi connectivity index (χ2v) is 8.84. The van der Waals surface area contributed by atoms with E-state index in [1.165, 1.54) is 33.0 Å². The predicted octanol–water partition coefficient (Wildman–Crippen LogP) is 2.19. The molecule has 1 aliphatic rings. The Kier molecular flexibility index (Phi) is 7.88. The van der Waals surface area contributed by atoms with Crippen LogP contribution in [0.4, 0.5) is 4.39 Å². The van der Waals surface area contributed by atoms with E-state index in [4.69, 9.17) is 10.00 Å². The van der Waals surface area contributed by atoms with Crippen molar-refractivity contribution in [3.8, 4) is 6.07 Å². The van der Waals surface area contributed by atoms with Gasteiger partial charge >= 0.3 is 5.69 Å². The van der Waals surface area contributed by atoms with Crippen LogP contribution in [-0.4, -0.2) is 39.2 Å². The summed E-state index contributed by atoms with van der Waals surface area (Å²) in [5, 5.41) is 11.6. The number of hydrogen-bond acceptors (Lipinski definition) is 6. The fourth-order valence-electron chi connectivity index (χ4n) is 3.50. The zero-order valence-electron chi connectivity index (χ0n) is 18.0. The Balaban J connectivity index is 1.51. The summed E-state index contributed by atoms with van der Waals surface area (Å²) in [4.78, 5) is 37.4. The van der Waals surface area contributed by atoms with E-state index in [1.807, 2.05) is 6.92 Å². The Bertz CT molecular complexity index is 1150. The number of halogens is 1. The highest BCUT2D eigenvalue weighted by molar-refractivity contribution is 7.99. The standard InChI is InChI=1S/C22H25FN4O4S/c1-14-13-27(19-6-3-15(2)31-19)22(30)26(21(14)29)8-10-32-9-7-25-20(28)16-4-5-18(23)17(11-16)12-24/h4-5,11,13,15,19H,3,6-10H2,1-2H3,(H,25,28)/t15-,19?/m1/s1. The van der Waals surface area contributed by atoms with Crippen LogP contribution in [0.5, 0.6) is 0 Å². The average molecular weight is 461 g/mol. The zero-order valence-corrected chi connectivity index (χ0v) is 18.8. The first-order valence-corrected chi connectivity index (χ1v) is 11.5. The van der Waals surface area contributed by atoms with Gasteiger partial charge in [0.2, 0.25) is 0 Å². The van der Waals surface area contributed by atoms with Gasteiger partial charge in [0, 0.05) is 41.9 Å². The topological polar surface area (TPSA) is 106 Å². The number of amides is 1. The monoisotopic (exact) mass is 460 g/mol. The number of carbonyl (C=O) groups excluding carboxylic acids is 1. The maximum atomic E-state index is 13.4. The number of thioether (sulfide) groups is 1. The summed E-state index contributed by atoms with van der Waals surface area (Å²) >= 11 is 1.49. The molecule has 0 radical (unpaired) electrons. The van der Waals surface area contributed by atoms with E-state index < -0.39 is 11.7 Å². The van der Waals surface area contributed by atoms with Crippen LogP contribution >= 0.6 is 11.8 Å². The molecule has 1 aromatic carbocycles. The van der Waals surface area contributed by atoms with Gasteiger partial charge in [0.15, 0.2) is 0 Å². The Morgan fingerprint density at radius 3 is 2.81 bits per heavy atom. The van der Waals surface area contributed by atoms with Crippen LogP contribution in [0.2, 0.25) is 0 Å². The minimum atomic E-state index is -0.668. The van der Waals surface area contributed by atoms with Gasteiger partial charge < -0.3 is 10.1 Å². The second kappa shape index (κ2) is 10.6. The molecule has 10 heteroatoms. The van der Waals surface area contributed by atoms with Crippen molar-refractivity contribution in [2.45, 2.75) is 45.6 Å². The van der Waals surface area contributed by atoms with E-state index in [9.17, 15) is 18.8 Å². The second-order valence-electron chi connectivity index (χ2n) is 7.61. The lowest BCUT2D eigenvalue weighted by atomic mass is 10.1. The van der Waals surface area contributed by atoms with Crippen molar-refractivity contribution in [3.05, 3.63) is 67.7 Å². The number of benzene rings is 1. The number of ether oxygens (including phenoxy) is 1. The molecule has 0 bridgehead atoms. The van der Waals surface area contributed by atoms with Crippen molar-refractivity contribution in [3.63, 3.8) is 0 Å². The number of carbonyl (C=O) groups is 1. The lowest BCUT2D eigenvalue weighted by Gasteiger charge is -2.17. The van der Waals surface area contributed by atoms with E-state index >= 15 is 0 Å². The molecule has 32 heavy (non-hydrogen) atoms. The zero-order chi connectivity index (χ0) is 23.3. The van der Waals surface area contributed by atoms with Crippen LogP contribution in [-0.2, 0) is 11.3 Å². The predicted molar refractivity (Wildman–Crippen MR) is 119 cm³/mol. The number of nitrogens with one attached hydrogen (secondary N) is 1. The van der Waals surface area contributed by atoms with Gasteiger partial charge in [0.25, 0.3) is 11.5 Å². The summed E-state index contributed by atoms with van der Waals surface area (Å²) < 4.78 is 21.9. The summed E-state index contributed by atoms with van der Waals surface area (Å²) in [6, 6.07) is 5.33. The maximum Gasteiger partial charge on any atom is 0.333 e. The van der Waals surface area contributed by atoms with Gasteiger partial charge in [-0.15, -0.1) is 0 Å². The maximum absolute atomic E-state index is 13.4. The number of aryl methyl sites for hydroxylation is 1. The Hall–Kier alpha value is -2.90. The lowest BCUT2D eigenvalue weighted by Crippen LogP contribution is -2.42. The molecular formula is C22H25FN4O4S. The van der Waals surface area contributed by atoms with Gasteiger partial charge in [0.1, 0.15) is 18.1 Å². The van der Waals surface area contributed by atoms with Crippen molar-refractivity contribution in [1.29, 1.82) is 5.26 Å². The van der Waals surface area contributed by atoms with E-state index in [0.717, 1.165) is 18.9 Å². The first-order valence-electron chi connectivity index (χ1n) is 10.4. The summed E-state index contributed by atoms with van der Waals surface area (Å²) in [5.74, 6) is 0.0198. The minimum absolute atomic E-state index is 0.0831. The molecule has 170 valence electrons. The molecule has 0 aliphatic carbocycles. The van der Waals surface area contributed by atoms with Gasteiger partial charge in [0.05, 0.1) is 11.7 Å². The third kappa shape index (κ3) is 5.47. The van der Waals surface area contributed by atoms with Gasteiger partial charge in [-0.1, -0.05) is 0 Å². The Morgan fingerprint density at radius 2 is 2.12 bits per heavy atom. The van der Waals surface area contributed by atoms with Crippen LogP contribution in [0.3, 0.4) is 0 Å². The largest absolute Gasteiger partial charge is 0.355 e. The molecule has 1 aromatic heterocycles. The summed E-state index contributed by atoms with van der Waals surface area (Å²) in [7, 11) is 0. The van der Waals surface area contributed by atoms with Gasteiger partial charge in [-0.05, 0) is 44.9 Å². The van der Waals surface area contributed by atoms with E-state index in [1.54, 1.807) is 19.2 Å². The molecule has 1 N–H and O–H groups in total. The molecule has 1 unspecified atom stereocenters. The van der Waals surface area contributed by atoms with Gasteiger partial charge in [-0.2, -0.15) is 17.0 Å². The summed E-state index contributed by atoms with van der Waals surface area (Å²) in [6.07, 6.45) is 2.90. The third-order valence-electron chi connectivity index (χ3n) is 5.23. The summed E-state index contributed by atoms with van der Waals surface area (Å²) in [6.45, 7) is 4.25. The number of aromatic nitrogens is 2. The highest BCUT2D eigenvalue weighted by Gasteiger charge is 2.25. The van der Waals surface area contributed by atoms with Crippen LogP contribution in [0.15, 0.2) is 34.0 Å². The first kappa shape index (κ1) is 23.8. The van der Waals surface area contributed by atoms with Crippen LogP contribution in [0.25, 0.3) is 0 Å². The number of rotatable bonds is 8. The van der Waals surface area contributed by atoms with Crippen LogP contribution in [0, 0.1) is 24.1 Å². The smallest absolute Gasteiger partial charge is 0.333 e. The number of hydrogen-bond donors (Lipinski definition) is 1. The molecule has 0 spiro atoms. The SMILES string of the molecule is Cc1cn(C2CC[C@@H](C)O2)c(=O)n(CCSCCNC(=O)c2ccc(F)c(C#N)c2)c1=O. The Labute approximate surface area is 189 Å². The highest BCUT2D eigenvalue weighted by atomic mass is 32.2. The van der Waals surface area contributed by atoms with E-state index in [0.29, 0.717) is 23.6 Å². The Morgan fingerprint density at radius 1 is 1.34 bits per heavy atom. The average Bonchev–Trinajstić information content (AvgIpc) is 3.21. The molecule has 0 saturated carbocycles. The molecule has 1 fully saturated rings. The molecule has 1 saturated heterocycles. The molecule has 2 atom stereocenters.